The lowest BCUT2D eigenvalue weighted by Gasteiger charge is -2.28. The van der Waals surface area contributed by atoms with E-state index >= 15 is 0 Å². The maximum atomic E-state index is 13.1. The molecule has 1 amide bonds. The number of nitrogens with zero attached hydrogens (tertiary/aromatic N) is 2. The van der Waals surface area contributed by atoms with Gasteiger partial charge in [-0.05, 0) is 57.5 Å². The summed E-state index contributed by atoms with van der Waals surface area (Å²) in [6, 6.07) is 12.3. The predicted molar refractivity (Wildman–Crippen MR) is 119 cm³/mol. The van der Waals surface area contributed by atoms with E-state index in [-0.39, 0.29) is 17.9 Å². The van der Waals surface area contributed by atoms with Crippen molar-refractivity contribution in [3.05, 3.63) is 69.3 Å². The van der Waals surface area contributed by atoms with Crippen LogP contribution in [0.1, 0.15) is 46.5 Å². The summed E-state index contributed by atoms with van der Waals surface area (Å²) in [7, 11) is 4.08. The Hall–Kier alpha value is -2.93. The third kappa shape index (κ3) is 7.07. The van der Waals surface area contributed by atoms with Crippen molar-refractivity contribution in [2.75, 3.05) is 27.2 Å². The molecule has 1 atom stereocenters. The van der Waals surface area contributed by atoms with E-state index in [9.17, 15) is 9.59 Å². The lowest BCUT2D eigenvalue weighted by atomic mass is 10.1. The van der Waals surface area contributed by atoms with Crippen LogP contribution in [0, 0.1) is 6.92 Å². The SMILES string of the molecule is Cc1cc(CCc2ccccc2)oc(=O)c1C(=O)N1CCCCC(N(C)C)C1.O=CO. The van der Waals surface area contributed by atoms with Gasteiger partial charge in [-0.2, -0.15) is 0 Å². The van der Waals surface area contributed by atoms with E-state index in [2.05, 4.69) is 17.0 Å². The Balaban J connectivity index is 0.00000107. The first kappa shape index (κ1) is 24.3. The first-order valence-corrected chi connectivity index (χ1v) is 10.6. The molecule has 1 fully saturated rings. The lowest BCUT2D eigenvalue weighted by molar-refractivity contribution is -0.122. The molecule has 1 aromatic carbocycles. The van der Waals surface area contributed by atoms with E-state index in [0.29, 0.717) is 36.9 Å². The van der Waals surface area contributed by atoms with Crippen LogP contribution in [0.3, 0.4) is 0 Å². The Labute approximate surface area is 183 Å². The van der Waals surface area contributed by atoms with Crippen LogP contribution in [-0.2, 0) is 17.6 Å². The fraction of sp³-hybridized carbons (Fsp3) is 0.458. The zero-order chi connectivity index (χ0) is 22.8. The van der Waals surface area contributed by atoms with Crippen LogP contribution in [0.25, 0.3) is 0 Å². The van der Waals surface area contributed by atoms with Crippen molar-refractivity contribution < 1.29 is 19.1 Å². The van der Waals surface area contributed by atoms with Crippen molar-refractivity contribution in [2.24, 2.45) is 0 Å². The molecule has 1 aliphatic heterocycles. The summed E-state index contributed by atoms with van der Waals surface area (Å²) in [4.78, 5) is 38.1. The molecular weight excluding hydrogens is 396 g/mol. The number of amides is 1. The Morgan fingerprint density at radius 2 is 1.90 bits per heavy atom. The minimum Gasteiger partial charge on any atom is -0.483 e. The van der Waals surface area contributed by atoms with Crippen LogP contribution < -0.4 is 5.63 Å². The van der Waals surface area contributed by atoms with Gasteiger partial charge in [0.05, 0.1) is 0 Å². The molecule has 3 rings (SSSR count). The molecule has 1 aliphatic rings. The number of rotatable bonds is 5. The highest BCUT2D eigenvalue weighted by Gasteiger charge is 2.27. The van der Waals surface area contributed by atoms with Crippen LogP contribution in [0.2, 0.25) is 0 Å². The standard InChI is InChI=1S/C23H30N2O3.CH2O2/c1-17-15-20(13-12-18-9-5-4-6-10-18)28-23(27)21(17)22(26)25-14-8-7-11-19(16-25)24(2)3;2-1-3/h4-6,9-10,15,19H,7-8,11-14,16H2,1-3H3;1H,(H,2,3). The number of carboxylic acid groups (broad SMARTS) is 1. The summed E-state index contributed by atoms with van der Waals surface area (Å²) in [6.45, 7) is 2.93. The summed E-state index contributed by atoms with van der Waals surface area (Å²) in [5.41, 5.74) is 1.57. The zero-order valence-electron chi connectivity index (χ0n) is 18.5. The monoisotopic (exact) mass is 428 g/mol. The highest BCUT2D eigenvalue weighted by molar-refractivity contribution is 5.95. The lowest BCUT2D eigenvalue weighted by Crippen LogP contribution is -2.43. The Kier molecular flexibility index (Phi) is 9.46. The normalized spacial score (nSPS) is 16.3. The molecular formula is C24H32N2O5. The Morgan fingerprint density at radius 3 is 2.52 bits per heavy atom. The molecule has 31 heavy (non-hydrogen) atoms. The van der Waals surface area contributed by atoms with Crippen molar-refractivity contribution in [1.82, 2.24) is 9.80 Å². The van der Waals surface area contributed by atoms with Crippen LogP contribution in [-0.4, -0.2) is 60.5 Å². The van der Waals surface area contributed by atoms with Crippen LogP contribution in [0.5, 0.6) is 0 Å². The first-order valence-electron chi connectivity index (χ1n) is 10.6. The zero-order valence-corrected chi connectivity index (χ0v) is 18.5. The second kappa shape index (κ2) is 12.1. The molecule has 2 aromatic rings. The predicted octanol–water partition coefficient (Wildman–Crippen LogP) is 2.99. The van der Waals surface area contributed by atoms with Crippen molar-refractivity contribution >= 4 is 12.4 Å². The minimum atomic E-state index is -0.515. The summed E-state index contributed by atoms with van der Waals surface area (Å²) in [6.07, 6.45) is 4.57. The second-order valence-electron chi connectivity index (χ2n) is 8.01. The number of benzene rings is 1. The van der Waals surface area contributed by atoms with Gasteiger partial charge in [-0.1, -0.05) is 36.8 Å². The quantitative estimate of drug-likeness (QED) is 0.737. The van der Waals surface area contributed by atoms with Gasteiger partial charge < -0.3 is 19.3 Å². The summed E-state index contributed by atoms with van der Waals surface area (Å²) in [5.74, 6) is 0.430. The van der Waals surface area contributed by atoms with Crippen LogP contribution in [0.15, 0.2) is 45.6 Å². The van der Waals surface area contributed by atoms with Crippen molar-refractivity contribution in [2.45, 2.75) is 45.1 Å². The number of carbonyl (C=O) groups is 2. The molecule has 7 heteroatoms. The molecule has 7 nitrogen and oxygen atoms in total. The molecule has 0 bridgehead atoms. The summed E-state index contributed by atoms with van der Waals surface area (Å²) >= 11 is 0. The number of carbonyl (C=O) groups excluding carboxylic acids is 1. The average molecular weight is 429 g/mol. The fourth-order valence-electron chi connectivity index (χ4n) is 3.85. The maximum absolute atomic E-state index is 13.1. The van der Waals surface area contributed by atoms with E-state index < -0.39 is 5.63 Å². The molecule has 1 saturated heterocycles. The third-order valence-corrected chi connectivity index (χ3v) is 5.58. The van der Waals surface area contributed by atoms with E-state index in [0.717, 1.165) is 25.7 Å². The van der Waals surface area contributed by atoms with E-state index in [4.69, 9.17) is 14.3 Å². The van der Waals surface area contributed by atoms with E-state index in [1.54, 1.807) is 0 Å². The number of hydrogen-bond donors (Lipinski definition) is 1. The highest BCUT2D eigenvalue weighted by atomic mass is 16.4. The molecule has 1 unspecified atom stereocenters. The maximum Gasteiger partial charge on any atom is 0.349 e. The van der Waals surface area contributed by atoms with Crippen LogP contribution in [0.4, 0.5) is 0 Å². The molecule has 1 aromatic heterocycles. The fourth-order valence-corrected chi connectivity index (χ4v) is 3.85. The molecule has 0 aliphatic carbocycles. The average Bonchev–Trinajstić information content (AvgIpc) is 3.00. The van der Waals surface area contributed by atoms with Crippen LogP contribution >= 0.6 is 0 Å². The molecule has 0 saturated carbocycles. The summed E-state index contributed by atoms with van der Waals surface area (Å²) in [5, 5.41) is 6.89. The number of hydrogen-bond acceptors (Lipinski definition) is 5. The second-order valence-corrected chi connectivity index (χ2v) is 8.01. The van der Waals surface area contributed by atoms with Gasteiger partial charge in [-0.15, -0.1) is 0 Å². The van der Waals surface area contributed by atoms with Gasteiger partial charge in [0, 0.05) is 25.6 Å². The molecule has 1 N–H and O–H groups in total. The van der Waals surface area contributed by atoms with E-state index in [1.807, 2.05) is 50.2 Å². The minimum absolute atomic E-state index is 0.183. The van der Waals surface area contributed by atoms with Crippen molar-refractivity contribution in [3.63, 3.8) is 0 Å². The number of likely N-dealkylation sites (N-methyl/N-ethyl adjacent to an activating group) is 1. The van der Waals surface area contributed by atoms with Gasteiger partial charge in [0.2, 0.25) is 0 Å². The van der Waals surface area contributed by atoms with Gasteiger partial charge in [-0.3, -0.25) is 9.59 Å². The van der Waals surface area contributed by atoms with Crippen molar-refractivity contribution in [3.8, 4) is 0 Å². The Morgan fingerprint density at radius 1 is 1.23 bits per heavy atom. The molecule has 168 valence electrons. The molecule has 0 radical (unpaired) electrons. The van der Waals surface area contributed by atoms with E-state index in [1.165, 1.54) is 5.56 Å². The van der Waals surface area contributed by atoms with Gasteiger partial charge in [0.15, 0.2) is 0 Å². The van der Waals surface area contributed by atoms with Crippen molar-refractivity contribution in [1.29, 1.82) is 0 Å². The largest absolute Gasteiger partial charge is 0.483 e. The smallest absolute Gasteiger partial charge is 0.349 e. The summed E-state index contributed by atoms with van der Waals surface area (Å²) < 4.78 is 5.51. The molecule has 0 spiro atoms. The molecule has 2 heterocycles. The number of likely N-dealkylation sites (tertiary alicyclic amines) is 1. The first-order chi connectivity index (χ1) is 14.9. The van der Waals surface area contributed by atoms with Gasteiger partial charge in [-0.25, -0.2) is 4.79 Å². The highest BCUT2D eigenvalue weighted by Crippen LogP contribution is 2.18. The number of aryl methyl sites for hydroxylation is 3. The van der Waals surface area contributed by atoms with Gasteiger partial charge in [0.1, 0.15) is 11.3 Å². The Bertz CT molecular complexity index is 908. The van der Waals surface area contributed by atoms with Gasteiger partial charge >= 0.3 is 5.63 Å². The topological polar surface area (TPSA) is 91.1 Å². The third-order valence-electron chi connectivity index (χ3n) is 5.58. The van der Waals surface area contributed by atoms with Gasteiger partial charge in [0.25, 0.3) is 12.4 Å².